The van der Waals surface area contributed by atoms with Crippen LogP contribution in [0.15, 0.2) is 53.5 Å². The fraction of sp³-hybridized carbons (Fsp3) is 0.250. The predicted octanol–water partition coefficient (Wildman–Crippen LogP) is 5.05. The van der Waals surface area contributed by atoms with Gasteiger partial charge < -0.3 is 10.3 Å². The number of allylic oxidation sites excluding steroid dienone is 1. The molecule has 0 fully saturated rings. The normalized spacial score (nSPS) is 12.3. The zero-order chi connectivity index (χ0) is 19.6. The number of fused-ring (bicyclic) bond motifs is 1. The zero-order valence-electron chi connectivity index (χ0n) is 15.5. The van der Waals surface area contributed by atoms with Crippen LogP contribution in [0.3, 0.4) is 0 Å². The van der Waals surface area contributed by atoms with Crippen molar-refractivity contribution in [3.63, 3.8) is 0 Å². The lowest BCUT2D eigenvalue weighted by Crippen LogP contribution is -2.03. The van der Waals surface area contributed by atoms with Crippen LogP contribution >= 0.6 is 23.5 Å². The van der Waals surface area contributed by atoms with Crippen LogP contribution in [0, 0.1) is 6.92 Å². The Labute approximate surface area is 168 Å². The third-order valence-electron chi connectivity index (χ3n) is 4.22. The number of nitrogens with two attached hydrogens (primary N) is 1. The molecule has 0 spiro atoms. The van der Waals surface area contributed by atoms with Gasteiger partial charge in [-0.25, -0.2) is 4.39 Å². The van der Waals surface area contributed by atoms with Gasteiger partial charge in [0.2, 0.25) is 0 Å². The fourth-order valence-corrected chi connectivity index (χ4v) is 4.05. The molecule has 3 rings (SSSR count). The second-order valence-electron chi connectivity index (χ2n) is 6.41. The summed E-state index contributed by atoms with van der Waals surface area (Å²) in [4.78, 5) is 5.44. The maximum Gasteiger partial charge on any atom is 0.117 e. The molecule has 0 radical (unpaired) electrons. The standard InChI is InChI=1S/C20H22ClFN4S/c1-13-20(14-8-17(11-24-10-14)27-25(2)3)18-5-4-15(21)9-19(18)26(13)12-16(22)6-7-23/h4-6,8-11H,7,12,23H2,1-3H3/b16-6-. The van der Waals surface area contributed by atoms with Crippen molar-refractivity contribution < 1.29 is 4.39 Å². The van der Waals surface area contributed by atoms with Gasteiger partial charge in [0.1, 0.15) is 5.83 Å². The molecule has 0 saturated carbocycles. The lowest BCUT2D eigenvalue weighted by atomic mass is 10.0. The Kier molecular flexibility index (Phi) is 6.22. The van der Waals surface area contributed by atoms with E-state index in [1.54, 1.807) is 11.9 Å². The summed E-state index contributed by atoms with van der Waals surface area (Å²) >= 11 is 7.82. The highest BCUT2D eigenvalue weighted by Gasteiger charge is 2.17. The molecule has 7 heteroatoms. The van der Waals surface area contributed by atoms with Gasteiger partial charge in [0, 0.05) is 51.1 Å². The highest BCUT2D eigenvalue weighted by Crippen LogP contribution is 2.37. The van der Waals surface area contributed by atoms with Gasteiger partial charge in [-0.05, 0) is 57.2 Å². The van der Waals surface area contributed by atoms with E-state index in [-0.39, 0.29) is 18.9 Å². The first-order chi connectivity index (χ1) is 12.9. The van der Waals surface area contributed by atoms with Crippen LogP contribution in [0.2, 0.25) is 5.02 Å². The van der Waals surface area contributed by atoms with E-state index in [0.29, 0.717) is 5.02 Å². The molecule has 2 aromatic heterocycles. The number of aromatic nitrogens is 2. The summed E-state index contributed by atoms with van der Waals surface area (Å²) in [7, 11) is 3.98. The Balaban J connectivity index is 2.19. The molecule has 0 bridgehead atoms. The van der Waals surface area contributed by atoms with Gasteiger partial charge in [0.15, 0.2) is 0 Å². The second kappa shape index (κ2) is 8.44. The average molecular weight is 405 g/mol. The van der Waals surface area contributed by atoms with Gasteiger partial charge >= 0.3 is 0 Å². The van der Waals surface area contributed by atoms with E-state index in [4.69, 9.17) is 17.3 Å². The van der Waals surface area contributed by atoms with Gasteiger partial charge in [-0.1, -0.05) is 17.7 Å². The van der Waals surface area contributed by atoms with Gasteiger partial charge in [-0.2, -0.15) is 0 Å². The summed E-state index contributed by atoms with van der Waals surface area (Å²) < 4.78 is 18.2. The van der Waals surface area contributed by atoms with Gasteiger partial charge in [0.25, 0.3) is 0 Å². The second-order valence-corrected chi connectivity index (χ2v) is 8.23. The Morgan fingerprint density at radius 1 is 1.33 bits per heavy atom. The number of hydrogen-bond acceptors (Lipinski definition) is 4. The van der Waals surface area contributed by atoms with Crippen LogP contribution < -0.4 is 5.73 Å². The molecule has 0 saturated heterocycles. The molecule has 2 heterocycles. The van der Waals surface area contributed by atoms with Crippen LogP contribution in [0.25, 0.3) is 22.0 Å². The largest absolute Gasteiger partial charge is 0.337 e. The maximum absolute atomic E-state index is 14.2. The Morgan fingerprint density at radius 3 is 2.81 bits per heavy atom. The quantitative estimate of drug-likeness (QED) is 0.584. The topological polar surface area (TPSA) is 47.1 Å². The molecule has 0 aliphatic heterocycles. The molecule has 2 N–H and O–H groups in total. The van der Waals surface area contributed by atoms with Crippen molar-refractivity contribution in [1.29, 1.82) is 0 Å². The third kappa shape index (κ3) is 4.35. The minimum Gasteiger partial charge on any atom is -0.337 e. The molecule has 4 nitrogen and oxygen atoms in total. The van der Waals surface area contributed by atoms with Crippen LogP contribution in [0.5, 0.6) is 0 Å². The van der Waals surface area contributed by atoms with Gasteiger partial charge in [-0.15, -0.1) is 0 Å². The summed E-state index contributed by atoms with van der Waals surface area (Å²) in [5, 5.41) is 1.64. The summed E-state index contributed by atoms with van der Waals surface area (Å²) in [6, 6.07) is 7.81. The van der Waals surface area contributed by atoms with Crippen molar-refractivity contribution in [2.45, 2.75) is 18.4 Å². The van der Waals surface area contributed by atoms with E-state index in [0.717, 1.165) is 32.6 Å². The first-order valence-corrected chi connectivity index (χ1v) is 9.69. The zero-order valence-corrected chi connectivity index (χ0v) is 17.1. The van der Waals surface area contributed by atoms with E-state index in [1.807, 2.05) is 60.5 Å². The molecule has 0 aliphatic carbocycles. The first kappa shape index (κ1) is 19.9. The lowest BCUT2D eigenvalue weighted by molar-refractivity contribution is 0.555. The molecule has 0 amide bonds. The first-order valence-electron chi connectivity index (χ1n) is 8.54. The average Bonchev–Trinajstić information content (AvgIpc) is 2.86. The summed E-state index contributed by atoms with van der Waals surface area (Å²) in [6.07, 6.45) is 5.07. The summed E-state index contributed by atoms with van der Waals surface area (Å²) in [6.45, 7) is 2.29. The number of nitrogens with zero attached hydrogens (tertiary/aromatic N) is 3. The van der Waals surface area contributed by atoms with E-state index in [1.165, 1.54) is 6.08 Å². The van der Waals surface area contributed by atoms with Crippen molar-refractivity contribution in [1.82, 2.24) is 13.9 Å². The van der Waals surface area contributed by atoms with Crippen LogP contribution in [-0.2, 0) is 6.54 Å². The van der Waals surface area contributed by atoms with E-state index in [2.05, 4.69) is 11.1 Å². The Hall–Kier alpha value is -1.86. The Bertz CT molecular complexity index is 997. The van der Waals surface area contributed by atoms with E-state index >= 15 is 0 Å². The van der Waals surface area contributed by atoms with Crippen molar-refractivity contribution in [3.05, 3.63) is 59.3 Å². The molecule has 142 valence electrons. The number of halogens is 2. The van der Waals surface area contributed by atoms with Crippen LogP contribution in [0.4, 0.5) is 4.39 Å². The smallest absolute Gasteiger partial charge is 0.117 e. The maximum atomic E-state index is 14.2. The Morgan fingerprint density at radius 2 is 2.11 bits per heavy atom. The molecular weight excluding hydrogens is 383 g/mol. The van der Waals surface area contributed by atoms with Crippen molar-refractivity contribution in [2.75, 3.05) is 20.6 Å². The molecule has 3 aromatic rings. The monoisotopic (exact) mass is 404 g/mol. The van der Waals surface area contributed by atoms with Crippen LogP contribution in [0.1, 0.15) is 5.69 Å². The highest BCUT2D eigenvalue weighted by molar-refractivity contribution is 7.97. The highest BCUT2D eigenvalue weighted by atomic mass is 35.5. The van der Waals surface area contributed by atoms with Gasteiger partial charge in [0.05, 0.1) is 12.1 Å². The van der Waals surface area contributed by atoms with Crippen molar-refractivity contribution in [2.24, 2.45) is 5.73 Å². The third-order valence-corrected chi connectivity index (χ3v) is 5.26. The molecule has 27 heavy (non-hydrogen) atoms. The predicted molar refractivity (Wildman–Crippen MR) is 113 cm³/mol. The molecular formula is C20H22ClFN4S. The SMILES string of the molecule is Cc1c(-c2cncc(SN(C)C)c2)c2ccc(Cl)cc2n1C/C(F)=C/CN. The fourth-order valence-electron chi connectivity index (χ4n) is 3.18. The van der Waals surface area contributed by atoms with Crippen molar-refractivity contribution >= 4 is 34.5 Å². The number of hydrogen-bond donors (Lipinski definition) is 1. The summed E-state index contributed by atoms with van der Waals surface area (Å²) in [5.41, 5.74) is 9.33. The minimum atomic E-state index is -0.265. The van der Waals surface area contributed by atoms with Crippen molar-refractivity contribution in [3.8, 4) is 11.1 Å². The van der Waals surface area contributed by atoms with Gasteiger partial charge in [-0.3, -0.25) is 9.29 Å². The summed E-state index contributed by atoms with van der Waals surface area (Å²) in [5.74, 6) is -0.265. The molecule has 0 atom stereocenters. The molecule has 1 aromatic carbocycles. The molecule has 0 unspecified atom stereocenters. The van der Waals surface area contributed by atoms with Crippen LogP contribution in [-0.4, -0.2) is 34.5 Å². The van der Waals surface area contributed by atoms with E-state index in [9.17, 15) is 4.39 Å². The number of rotatable bonds is 6. The number of pyridine rings is 1. The minimum absolute atomic E-state index is 0.124. The number of benzene rings is 1. The molecule has 0 aliphatic rings. The lowest BCUT2D eigenvalue weighted by Gasteiger charge is -2.10. The van der Waals surface area contributed by atoms with E-state index < -0.39 is 0 Å².